The Bertz CT molecular complexity index is 596. The van der Waals surface area contributed by atoms with Crippen LogP contribution in [0.15, 0.2) is 60.7 Å². The molecule has 1 amide bonds. The Labute approximate surface area is 116 Å². The van der Waals surface area contributed by atoms with Crippen LogP contribution < -0.4 is 5.48 Å². The Kier molecular flexibility index (Phi) is 5.03. The van der Waals surface area contributed by atoms with Gasteiger partial charge in [-0.25, -0.2) is 9.87 Å². The highest BCUT2D eigenvalue weighted by Crippen LogP contribution is 2.07. The maximum absolute atomic E-state index is 13.3. The zero-order valence-electron chi connectivity index (χ0n) is 10.8. The predicted molar refractivity (Wildman–Crippen MR) is 74.8 cm³/mol. The number of hydrogen-bond acceptors (Lipinski definition) is 2. The van der Waals surface area contributed by atoms with E-state index in [1.165, 1.54) is 18.2 Å². The highest BCUT2D eigenvalue weighted by atomic mass is 19.1. The topological polar surface area (TPSA) is 38.3 Å². The monoisotopic (exact) mass is 271 g/mol. The van der Waals surface area contributed by atoms with E-state index < -0.39 is 5.91 Å². The lowest BCUT2D eigenvalue weighted by Gasteiger charge is -2.03. The van der Waals surface area contributed by atoms with E-state index in [1.54, 1.807) is 18.2 Å². The minimum atomic E-state index is -0.441. The quantitative estimate of drug-likeness (QED) is 0.670. The first-order chi connectivity index (χ1) is 9.75. The summed E-state index contributed by atoms with van der Waals surface area (Å²) in [5.41, 5.74) is 3.58. The lowest BCUT2D eigenvalue weighted by atomic mass is 10.2. The van der Waals surface area contributed by atoms with Crippen LogP contribution >= 0.6 is 0 Å². The molecule has 20 heavy (non-hydrogen) atoms. The molecule has 0 unspecified atom stereocenters. The maximum Gasteiger partial charge on any atom is 0.267 e. The predicted octanol–water partition coefficient (Wildman–Crippen LogP) is 3.09. The van der Waals surface area contributed by atoms with Crippen LogP contribution in [-0.4, -0.2) is 5.91 Å². The van der Waals surface area contributed by atoms with Gasteiger partial charge in [-0.1, -0.05) is 48.5 Å². The zero-order valence-corrected chi connectivity index (χ0v) is 10.8. The minimum absolute atomic E-state index is 0.278. The van der Waals surface area contributed by atoms with E-state index in [0.29, 0.717) is 5.56 Å². The fourth-order valence-corrected chi connectivity index (χ4v) is 1.57. The number of nitrogens with one attached hydrogen (secondary N) is 1. The Balaban J connectivity index is 1.80. The number of carbonyl (C=O) groups excluding carboxylic acids is 1. The summed E-state index contributed by atoms with van der Waals surface area (Å²) in [5, 5.41) is 0. The van der Waals surface area contributed by atoms with E-state index in [-0.39, 0.29) is 12.4 Å². The van der Waals surface area contributed by atoms with Gasteiger partial charge in [0.05, 0.1) is 6.61 Å². The SMILES string of the molecule is O=C(/C=C/c1ccccc1F)NOCc1ccccc1. The number of rotatable bonds is 5. The molecular weight excluding hydrogens is 257 g/mol. The van der Waals surface area contributed by atoms with Crippen molar-refractivity contribution in [2.75, 3.05) is 0 Å². The van der Waals surface area contributed by atoms with Crippen LogP contribution in [0, 0.1) is 5.82 Å². The normalized spacial score (nSPS) is 10.7. The summed E-state index contributed by atoms with van der Waals surface area (Å²) in [4.78, 5) is 16.5. The highest BCUT2D eigenvalue weighted by Gasteiger charge is 1.99. The van der Waals surface area contributed by atoms with Crippen molar-refractivity contribution >= 4 is 12.0 Å². The fourth-order valence-electron chi connectivity index (χ4n) is 1.57. The molecule has 3 nitrogen and oxygen atoms in total. The molecule has 0 aliphatic rings. The number of halogens is 1. The standard InChI is InChI=1S/C16H14FNO2/c17-15-9-5-4-8-14(15)10-11-16(19)18-20-12-13-6-2-1-3-7-13/h1-11H,12H2,(H,18,19)/b11-10+. The molecule has 0 atom stereocenters. The van der Waals surface area contributed by atoms with Crippen molar-refractivity contribution in [2.24, 2.45) is 0 Å². The number of hydroxylamine groups is 1. The maximum atomic E-state index is 13.3. The molecule has 0 fully saturated rings. The highest BCUT2D eigenvalue weighted by molar-refractivity contribution is 5.90. The van der Waals surface area contributed by atoms with E-state index >= 15 is 0 Å². The van der Waals surface area contributed by atoms with Gasteiger partial charge >= 0.3 is 0 Å². The van der Waals surface area contributed by atoms with Gasteiger partial charge < -0.3 is 0 Å². The van der Waals surface area contributed by atoms with Crippen LogP contribution in [0.1, 0.15) is 11.1 Å². The van der Waals surface area contributed by atoms with Crippen molar-refractivity contribution in [2.45, 2.75) is 6.61 Å². The van der Waals surface area contributed by atoms with Crippen molar-refractivity contribution in [1.82, 2.24) is 5.48 Å². The van der Waals surface area contributed by atoms with Gasteiger partial charge in [-0.05, 0) is 17.7 Å². The molecule has 0 radical (unpaired) electrons. The van der Waals surface area contributed by atoms with E-state index in [9.17, 15) is 9.18 Å². The van der Waals surface area contributed by atoms with Crippen LogP contribution in [0.3, 0.4) is 0 Å². The zero-order chi connectivity index (χ0) is 14.2. The van der Waals surface area contributed by atoms with Gasteiger partial charge in [0.2, 0.25) is 0 Å². The second-order valence-corrected chi connectivity index (χ2v) is 4.10. The third kappa shape index (κ3) is 4.33. The summed E-state index contributed by atoms with van der Waals surface area (Å²) in [6.45, 7) is 0.278. The summed E-state index contributed by atoms with van der Waals surface area (Å²) in [6, 6.07) is 15.7. The van der Waals surface area contributed by atoms with Gasteiger partial charge in [0.1, 0.15) is 5.82 Å². The third-order valence-electron chi connectivity index (χ3n) is 2.57. The molecule has 2 rings (SSSR count). The summed E-state index contributed by atoms with van der Waals surface area (Å²) in [7, 11) is 0. The van der Waals surface area contributed by atoms with Crippen molar-refractivity contribution < 1.29 is 14.0 Å². The number of benzene rings is 2. The van der Waals surface area contributed by atoms with E-state index in [4.69, 9.17) is 4.84 Å². The lowest BCUT2D eigenvalue weighted by Crippen LogP contribution is -2.21. The molecule has 0 saturated carbocycles. The van der Waals surface area contributed by atoms with Gasteiger partial charge in [0.15, 0.2) is 0 Å². The second-order valence-electron chi connectivity index (χ2n) is 4.10. The first-order valence-electron chi connectivity index (χ1n) is 6.14. The average molecular weight is 271 g/mol. The molecule has 0 heterocycles. The molecular formula is C16H14FNO2. The lowest BCUT2D eigenvalue weighted by molar-refractivity contribution is -0.129. The first kappa shape index (κ1) is 14.0. The summed E-state index contributed by atoms with van der Waals surface area (Å²) in [5.74, 6) is -0.814. The number of amides is 1. The van der Waals surface area contributed by atoms with E-state index in [0.717, 1.165) is 5.56 Å². The fraction of sp³-hybridized carbons (Fsp3) is 0.0625. The van der Waals surface area contributed by atoms with Crippen molar-refractivity contribution in [3.05, 3.63) is 77.6 Å². The van der Waals surface area contributed by atoms with Gasteiger partial charge in [-0.15, -0.1) is 0 Å². The van der Waals surface area contributed by atoms with Crippen LogP contribution in [0.5, 0.6) is 0 Å². The summed E-state index contributed by atoms with van der Waals surface area (Å²) >= 11 is 0. The second kappa shape index (κ2) is 7.21. The summed E-state index contributed by atoms with van der Waals surface area (Å²) < 4.78 is 13.3. The molecule has 0 saturated heterocycles. The largest absolute Gasteiger partial charge is 0.269 e. The average Bonchev–Trinajstić information content (AvgIpc) is 2.47. The Morgan fingerprint density at radius 2 is 1.80 bits per heavy atom. The van der Waals surface area contributed by atoms with Gasteiger partial charge in [-0.2, -0.15) is 0 Å². The summed E-state index contributed by atoms with van der Waals surface area (Å²) in [6.07, 6.45) is 2.62. The van der Waals surface area contributed by atoms with Crippen LogP contribution in [0.2, 0.25) is 0 Å². The molecule has 2 aromatic carbocycles. The van der Waals surface area contributed by atoms with Gasteiger partial charge in [0.25, 0.3) is 5.91 Å². The Morgan fingerprint density at radius 1 is 1.10 bits per heavy atom. The van der Waals surface area contributed by atoms with E-state index in [2.05, 4.69) is 5.48 Å². The smallest absolute Gasteiger partial charge is 0.267 e. The minimum Gasteiger partial charge on any atom is -0.269 e. The van der Waals surface area contributed by atoms with E-state index in [1.807, 2.05) is 30.3 Å². The van der Waals surface area contributed by atoms with Crippen molar-refractivity contribution in [3.8, 4) is 0 Å². The van der Waals surface area contributed by atoms with Crippen molar-refractivity contribution in [3.63, 3.8) is 0 Å². The van der Waals surface area contributed by atoms with Crippen LogP contribution in [-0.2, 0) is 16.2 Å². The molecule has 2 aromatic rings. The molecule has 0 bridgehead atoms. The molecule has 102 valence electrons. The third-order valence-corrected chi connectivity index (χ3v) is 2.57. The molecule has 1 N–H and O–H groups in total. The van der Waals surface area contributed by atoms with Crippen LogP contribution in [0.4, 0.5) is 4.39 Å². The first-order valence-corrected chi connectivity index (χ1v) is 6.14. The molecule has 4 heteroatoms. The van der Waals surface area contributed by atoms with Gasteiger partial charge in [-0.3, -0.25) is 9.63 Å². The Hall–Kier alpha value is -2.46. The molecule has 0 spiro atoms. The van der Waals surface area contributed by atoms with Crippen LogP contribution in [0.25, 0.3) is 6.08 Å². The van der Waals surface area contributed by atoms with Crippen molar-refractivity contribution in [1.29, 1.82) is 0 Å². The molecule has 0 aliphatic heterocycles. The number of carbonyl (C=O) groups is 1. The molecule has 0 aliphatic carbocycles. The van der Waals surface area contributed by atoms with Gasteiger partial charge in [0, 0.05) is 11.6 Å². The number of hydrogen-bond donors (Lipinski definition) is 1. The Morgan fingerprint density at radius 3 is 2.55 bits per heavy atom. The molecule has 0 aromatic heterocycles.